The number of nitro groups is 1. The Morgan fingerprint density at radius 3 is 2.71 bits per heavy atom. The summed E-state index contributed by atoms with van der Waals surface area (Å²) in [6.45, 7) is 6.58. The topological polar surface area (TPSA) is 72.2 Å². The first kappa shape index (κ1) is 14.9. The van der Waals surface area contributed by atoms with Crippen LogP contribution in [0.3, 0.4) is 0 Å². The Hall–Kier alpha value is -2.50. The van der Waals surface area contributed by atoms with Crippen molar-refractivity contribution in [1.29, 1.82) is 0 Å². The minimum absolute atomic E-state index is 0.0452. The van der Waals surface area contributed by atoms with E-state index >= 15 is 0 Å². The van der Waals surface area contributed by atoms with Crippen LogP contribution < -0.4 is 4.90 Å². The van der Waals surface area contributed by atoms with Gasteiger partial charge >= 0.3 is 0 Å². The smallest absolute Gasteiger partial charge is 0.290 e. The molecule has 0 saturated carbocycles. The molecule has 1 atom stereocenters. The van der Waals surface area contributed by atoms with Crippen LogP contribution >= 0.6 is 0 Å². The minimum Gasteiger partial charge on any atom is -0.350 e. The number of aryl methyl sites for hydroxylation is 1. The third-order valence-electron chi connectivity index (χ3n) is 3.53. The quantitative estimate of drug-likeness (QED) is 0.623. The molecule has 0 aromatic carbocycles. The summed E-state index contributed by atoms with van der Waals surface area (Å²) in [6, 6.07) is 5.76. The number of anilines is 1. The molecule has 0 N–H and O–H groups in total. The zero-order valence-corrected chi connectivity index (χ0v) is 12.4. The van der Waals surface area contributed by atoms with Gasteiger partial charge in [0.1, 0.15) is 12.0 Å². The summed E-state index contributed by atoms with van der Waals surface area (Å²) in [4.78, 5) is 20.9. The number of pyridine rings is 2. The number of hydrogen-bond donors (Lipinski definition) is 0. The Balaban J connectivity index is 2.33. The average Bonchev–Trinajstić information content (AvgIpc) is 2.48. The van der Waals surface area contributed by atoms with E-state index in [9.17, 15) is 10.1 Å². The number of hydrogen-bond acceptors (Lipinski definition) is 5. The van der Waals surface area contributed by atoms with E-state index in [2.05, 4.69) is 21.8 Å². The van der Waals surface area contributed by atoms with Crippen molar-refractivity contribution in [2.24, 2.45) is 0 Å². The molecule has 0 spiro atoms. The molecular weight excluding hydrogens is 268 g/mol. The molecule has 2 aromatic heterocycles. The zero-order valence-electron chi connectivity index (χ0n) is 12.4. The Kier molecular flexibility index (Phi) is 4.47. The second kappa shape index (κ2) is 6.30. The molecule has 0 aliphatic heterocycles. The normalized spacial score (nSPS) is 12.0. The van der Waals surface area contributed by atoms with Gasteiger partial charge in [-0.1, -0.05) is 6.07 Å². The van der Waals surface area contributed by atoms with Gasteiger partial charge in [-0.15, -0.1) is 0 Å². The maximum absolute atomic E-state index is 10.9. The fourth-order valence-electron chi connectivity index (χ4n) is 2.32. The van der Waals surface area contributed by atoms with Gasteiger partial charge in [-0.3, -0.25) is 15.1 Å². The van der Waals surface area contributed by atoms with Crippen LogP contribution in [-0.4, -0.2) is 21.4 Å². The Bertz CT molecular complexity index is 631. The molecule has 2 rings (SSSR count). The van der Waals surface area contributed by atoms with Gasteiger partial charge in [0.15, 0.2) is 0 Å². The third kappa shape index (κ3) is 3.16. The summed E-state index contributed by atoms with van der Waals surface area (Å²) in [7, 11) is 0. The van der Waals surface area contributed by atoms with Crippen LogP contribution in [0.25, 0.3) is 0 Å². The Morgan fingerprint density at radius 2 is 2.19 bits per heavy atom. The number of aromatic nitrogens is 2. The first-order valence-electron chi connectivity index (χ1n) is 6.82. The highest BCUT2D eigenvalue weighted by Crippen LogP contribution is 2.27. The van der Waals surface area contributed by atoms with E-state index in [0.717, 1.165) is 17.9 Å². The highest BCUT2D eigenvalue weighted by molar-refractivity contribution is 5.50. The van der Waals surface area contributed by atoms with Crippen molar-refractivity contribution < 1.29 is 4.92 Å². The standard InChI is InChI=1S/C15H18N4O2/c1-4-18(12(3)13-6-5-7-16-9-13)15-8-11(2)14(10-17-15)19(20)21/h5-10,12H,4H2,1-3H3. The lowest BCUT2D eigenvalue weighted by atomic mass is 10.1. The van der Waals surface area contributed by atoms with Gasteiger partial charge in [-0.2, -0.15) is 0 Å². The molecule has 0 fully saturated rings. The monoisotopic (exact) mass is 286 g/mol. The molecule has 6 nitrogen and oxygen atoms in total. The van der Waals surface area contributed by atoms with E-state index in [-0.39, 0.29) is 11.7 Å². The molecular formula is C15H18N4O2. The van der Waals surface area contributed by atoms with Crippen molar-refractivity contribution >= 4 is 11.5 Å². The average molecular weight is 286 g/mol. The Morgan fingerprint density at radius 1 is 1.43 bits per heavy atom. The van der Waals surface area contributed by atoms with Crippen LogP contribution in [0.1, 0.15) is 31.0 Å². The first-order chi connectivity index (χ1) is 10.0. The molecule has 1 unspecified atom stereocenters. The van der Waals surface area contributed by atoms with Crippen molar-refractivity contribution in [2.45, 2.75) is 26.8 Å². The summed E-state index contributed by atoms with van der Waals surface area (Å²) in [5.74, 6) is 0.733. The molecule has 21 heavy (non-hydrogen) atoms. The number of nitrogens with zero attached hydrogens (tertiary/aromatic N) is 4. The fourth-order valence-corrected chi connectivity index (χ4v) is 2.32. The molecule has 110 valence electrons. The van der Waals surface area contributed by atoms with Gasteiger partial charge in [0.05, 0.1) is 11.0 Å². The van der Waals surface area contributed by atoms with E-state index in [1.807, 2.05) is 25.3 Å². The van der Waals surface area contributed by atoms with Crippen molar-refractivity contribution in [3.63, 3.8) is 0 Å². The lowest BCUT2D eigenvalue weighted by Gasteiger charge is -2.29. The molecule has 2 aromatic rings. The van der Waals surface area contributed by atoms with E-state index in [1.54, 1.807) is 19.2 Å². The highest BCUT2D eigenvalue weighted by atomic mass is 16.6. The molecule has 0 aliphatic rings. The van der Waals surface area contributed by atoms with Crippen LogP contribution in [0, 0.1) is 17.0 Å². The first-order valence-corrected chi connectivity index (χ1v) is 6.82. The van der Waals surface area contributed by atoms with Crippen molar-refractivity contribution in [1.82, 2.24) is 9.97 Å². The fraction of sp³-hybridized carbons (Fsp3) is 0.333. The summed E-state index contributed by atoms with van der Waals surface area (Å²) >= 11 is 0. The van der Waals surface area contributed by atoms with Crippen molar-refractivity contribution in [3.8, 4) is 0 Å². The van der Waals surface area contributed by atoms with Gasteiger partial charge in [-0.05, 0) is 38.5 Å². The molecule has 0 saturated heterocycles. The maximum atomic E-state index is 10.9. The summed E-state index contributed by atoms with van der Waals surface area (Å²) in [6.07, 6.45) is 4.88. The lowest BCUT2D eigenvalue weighted by Crippen LogP contribution is -2.27. The van der Waals surface area contributed by atoms with E-state index in [1.165, 1.54) is 6.20 Å². The molecule has 0 aliphatic carbocycles. The van der Waals surface area contributed by atoms with Crippen LogP contribution in [0.5, 0.6) is 0 Å². The highest BCUT2D eigenvalue weighted by Gasteiger charge is 2.19. The van der Waals surface area contributed by atoms with Gasteiger partial charge < -0.3 is 4.90 Å². The molecule has 0 radical (unpaired) electrons. The molecule has 2 heterocycles. The second-order valence-electron chi connectivity index (χ2n) is 4.83. The van der Waals surface area contributed by atoms with Crippen LogP contribution in [0.4, 0.5) is 11.5 Å². The van der Waals surface area contributed by atoms with Crippen LogP contribution in [-0.2, 0) is 0 Å². The van der Waals surface area contributed by atoms with Gasteiger partial charge in [0, 0.05) is 24.5 Å². The number of rotatable bonds is 5. The van der Waals surface area contributed by atoms with E-state index in [4.69, 9.17) is 0 Å². The molecule has 0 amide bonds. The lowest BCUT2D eigenvalue weighted by molar-refractivity contribution is -0.385. The summed E-state index contributed by atoms with van der Waals surface area (Å²) < 4.78 is 0. The van der Waals surface area contributed by atoms with Crippen molar-refractivity contribution in [2.75, 3.05) is 11.4 Å². The SMILES string of the molecule is CCN(c1cc(C)c([N+](=O)[O-])cn1)C(C)c1cccnc1. The zero-order chi connectivity index (χ0) is 15.4. The Labute approximate surface area is 123 Å². The van der Waals surface area contributed by atoms with Gasteiger partial charge in [0.2, 0.25) is 0 Å². The summed E-state index contributed by atoms with van der Waals surface area (Å²) in [5, 5.41) is 10.9. The van der Waals surface area contributed by atoms with Crippen LogP contribution in [0.15, 0.2) is 36.8 Å². The third-order valence-corrected chi connectivity index (χ3v) is 3.53. The summed E-state index contributed by atoms with van der Waals surface area (Å²) in [5.41, 5.74) is 1.74. The van der Waals surface area contributed by atoms with E-state index in [0.29, 0.717) is 5.56 Å². The van der Waals surface area contributed by atoms with E-state index < -0.39 is 4.92 Å². The van der Waals surface area contributed by atoms with Crippen LogP contribution in [0.2, 0.25) is 0 Å². The van der Waals surface area contributed by atoms with Gasteiger partial charge in [0.25, 0.3) is 5.69 Å². The minimum atomic E-state index is -0.410. The molecule has 6 heteroatoms. The predicted octanol–water partition coefficient (Wildman–Crippen LogP) is 3.28. The largest absolute Gasteiger partial charge is 0.350 e. The molecule has 0 bridgehead atoms. The predicted molar refractivity (Wildman–Crippen MR) is 81.3 cm³/mol. The second-order valence-corrected chi connectivity index (χ2v) is 4.83. The maximum Gasteiger partial charge on any atom is 0.290 e. The van der Waals surface area contributed by atoms with Gasteiger partial charge in [-0.25, -0.2) is 4.98 Å². The van der Waals surface area contributed by atoms with Crippen molar-refractivity contribution in [3.05, 3.63) is 58.0 Å².